The average molecular weight is 482 g/mol. The fourth-order valence-corrected chi connectivity index (χ4v) is 4.37. The average Bonchev–Trinajstić information content (AvgIpc) is 3.03. The third-order valence-electron chi connectivity index (χ3n) is 4.57. The van der Waals surface area contributed by atoms with Gasteiger partial charge in [-0.2, -0.15) is 0 Å². The number of nitro benzene ring substituents is 1. The molecule has 32 heavy (non-hydrogen) atoms. The van der Waals surface area contributed by atoms with Crippen molar-refractivity contribution in [2.75, 3.05) is 18.4 Å². The van der Waals surface area contributed by atoms with Crippen LogP contribution < -0.4 is 5.32 Å². The summed E-state index contributed by atoms with van der Waals surface area (Å²) in [5.74, 6) is -1.60. The predicted octanol–water partition coefficient (Wildman–Crippen LogP) is 4.92. The summed E-state index contributed by atoms with van der Waals surface area (Å²) in [6, 6.07) is 3.45. The Bertz CT molecular complexity index is 1060. The molecule has 2 aromatic rings. The molecule has 0 aliphatic carbocycles. The van der Waals surface area contributed by atoms with Crippen molar-refractivity contribution in [3.8, 4) is 0 Å². The summed E-state index contributed by atoms with van der Waals surface area (Å²) in [6.45, 7) is 9.66. The van der Waals surface area contributed by atoms with Gasteiger partial charge in [0.15, 0.2) is 0 Å². The minimum atomic E-state index is -0.674. The molecule has 1 heterocycles. The lowest BCUT2D eigenvalue weighted by atomic mass is 10.1. The lowest BCUT2D eigenvalue weighted by Crippen LogP contribution is -2.30. The minimum Gasteiger partial charge on any atom is -0.459 e. The lowest BCUT2D eigenvalue weighted by Gasteiger charge is -2.18. The second-order valence-electron chi connectivity index (χ2n) is 7.07. The molecule has 9 nitrogen and oxygen atoms in total. The molecule has 0 bridgehead atoms. The highest BCUT2D eigenvalue weighted by atomic mass is 35.5. The SMILES string of the molecule is CCN(CC)C(=O)c1sc(NC(=O)c2ccc([N+](=O)[O-])cc2Cl)c(C(=O)OC(C)C)c1C. The number of hydrogen-bond donors (Lipinski definition) is 1. The third kappa shape index (κ3) is 5.43. The number of hydrogen-bond acceptors (Lipinski definition) is 7. The standard InChI is InChI=1S/C21H24ClN3O6S/c1-6-24(7-2)20(27)17-12(5)16(21(28)31-11(3)4)19(32-17)23-18(26)14-9-8-13(25(29)30)10-15(14)22/h8-11H,6-7H2,1-5H3,(H,23,26). The Hall–Kier alpha value is -2.98. The molecule has 0 spiro atoms. The summed E-state index contributed by atoms with van der Waals surface area (Å²) in [4.78, 5) is 50.7. The van der Waals surface area contributed by atoms with E-state index in [2.05, 4.69) is 5.32 Å². The van der Waals surface area contributed by atoms with Crippen molar-refractivity contribution in [2.24, 2.45) is 0 Å². The number of halogens is 1. The van der Waals surface area contributed by atoms with E-state index in [1.54, 1.807) is 25.7 Å². The molecule has 0 aliphatic rings. The van der Waals surface area contributed by atoms with Gasteiger partial charge in [-0.05, 0) is 46.2 Å². The lowest BCUT2D eigenvalue weighted by molar-refractivity contribution is -0.384. The highest BCUT2D eigenvalue weighted by Gasteiger charge is 2.29. The Morgan fingerprint density at radius 3 is 2.38 bits per heavy atom. The number of rotatable bonds is 8. The molecule has 11 heteroatoms. The van der Waals surface area contributed by atoms with Gasteiger partial charge in [-0.1, -0.05) is 11.6 Å². The van der Waals surface area contributed by atoms with Crippen molar-refractivity contribution in [1.82, 2.24) is 4.90 Å². The fraction of sp³-hybridized carbons (Fsp3) is 0.381. The van der Waals surface area contributed by atoms with Crippen LogP contribution in [0.15, 0.2) is 18.2 Å². The predicted molar refractivity (Wildman–Crippen MR) is 123 cm³/mol. The van der Waals surface area contributed by atoms with Gasteiger partial charge in [0.05, 0.1) is 32.1 Å². The fourth-order valence-electron chi connectivity index (χ4n) is 2.95. The van der Waals surface area contributed by atoms with Crippen molar-refractivity contribution in [2.45, 2.75) is 40.7 Å². The summed E-state index contributed by atoms with van der Waals surface area (Å²) in [7, 11) is 0. The summed E-state index contributed by atoms with van der Waals surface area (Å²) >= 11 is 7.03. The van der Waals surface area contributed by atoms with E-state index >= 15 is 0 Å². The summed E-state index contributed by atoms with van der Waals surface area (Å²) in [5, 5.41) is 13.5. The Morgan fingerprint density at radius 1 is 1.25 bits per heavy atom. The number of nitrogens with one attached hydrogen (secondary N) is 1. The maximum atomic E-state index is 12.9. The molecule has 2 rings (SSSR count). The van der Waals surface area contributed by atoms with E-state index in [1.165, 1.54) is 6.07 Å². The number of carbonyl (C=O) groups excluding carboxylic acids is 3. The number of amides is 2. The zero-order valence-corrected chi connectivity index (χ0v) is 19.9. The first-order valence-electron chi connectivity index (χ1n) is 9.90. The number of nitro groups is 1. The van der Waals surface area contributed by atoms with Gasteiger partial charge in [-0.25, -0.2) is 4.79 Å². The molecule has 0 unspecified atom stereocenters. The quantitative estimate of drug-likeness (QED) is 0.325. The Kier molecular flexibility index (Phi) is 8.34. The molecule has 1 aromatic carbocycles. The van der Waals surface area contributed by atoms with E-state index in [0.29, 0.717) is 23.5 Å². The van der Waals surface area contributed by atoms with Crippen LogP contribution in [0, 0.1) is 17.0 Å². The zero-order chi connectivity index (χ0) is 24.2. The Morgan fingerprint density at radius 2 is 1.88 bits per heavy atom. The first-order valence-corrected chi connectivity index (χ1v) is 11.1. The van der Waals surface area contributed by atoms with Crippen LogP contribution in [0.25, 0.3) is 0 Å². The molecule has 0 aliphatic heterocycles. The molecular weight excluding hydrogens is 458 g/mol. The normalized spacial score (nSPS) is 10.7. The van der Waals surface area contributed by atoms with Crippen LogP contribution in [0.3, 0.4) is 0 Å². The number of anilines is 1. The van der Waals surface area contributed by atoms with E-state index in [4.69, 9.17) is 16.3 Å². The Labute approximate surface area is 194 Å². The van der Waals surface area contributed by atoms with E-state index in [9.17, 15) is 24.5 Å². The maximum absolute atomic E-state index is 12.9. The van der Waals surface area contributed by atoms with Gasteiger partial charge in [0, 0.05) is 25.2 Å². The highest BCUT2D eigenvalue weighted by molar-refractivity contribution is 7.18. The number of ether oxygens (including phenoxy) is 1. The second kappa shape index (κ2) is 10.6. The van der Waals surface area contributed by atoms with E-state index < -0.39 is 22.9 Å². The number of nitrogens with zero attached hydrogens (tertiary/aromatic N) is 2. The molecule has 0 fully saturated rings. The van der Waals surface area contributed by atoms with Gasteiger partial charge >= 0.3 is 5.97 Å². The summed E-state index contributed by atoms with van der Waals surface area (Å²) < 4.78 is 5.31. The summed E-state index contributed by atoms with van der Waals surface area (Å²) in [6.07, 6.45) is -0.406. The van der Waals surface area contributed by atoms with Crippen LogP contribution in [0.4, 0.5) is 10.7 Å². The van der Waals surface area contributed by atoms with Crippen molar-refractivity contribution in [3.05, 3.63) is 54.9 Å². The number of benzene rings is 1. The minimum absolute atomic E-state index is 0.0110. The van der Waals surface area contributed by atoms with Crippen LogP contribution in [0.5, 0.6) is 0 Å². The smallest absolute Gasteiger partial charge is 0.341 e. The van der Waals surface area contributed by atoms with Crippen LogP contribution >= 0.6 is 22.9 Å². The van der Waals surface area contributed by atoms with Crippen LogP contribution in [-0.4, -0.2) is 46.8 Å². The Balaban J connectivity index is 2.50. The van der Waals surface area contributed by atoms with Crippen molar-refractivity contribution < 1.29 is 24.0 Å². The van der Waals surface area contributed by atoms with Crippen molar-refractivity contribution in [1.29, 1.82) is 0 Å². The molecule has 1 N–H and O–H groups in total. The largest absolute Gasteiger partial charge is 0.459 e. The number of non-ortho nitro benzene ring substituents is 1. The number of thiophene rings is 1. The maximum Gasteiger partial charge on any atom is 0.341 e. The van der Waals surface area contributed by atoms with Gasteiger partial charge < -0.3 is 15.0 Å². The summed E-state index contributed by atoms with van der Waals surface area (Å²) in [5.41, 5.74) is 0.225. The first-order chi connectivity index (χ1) is 15.0. The third-order valence-corrected chi connectivity index (χ3v) is 6.08. The van der Waals surface area contributed by atoms with E-state index in [-0.39, 0.29) is 32.7 Å². The molecule has 172 valence electrons. The van der Waals surface area contributed by atoms with E-state index in [1.807, 2.05) is 13.8 Å². The second-order valence-corrected chi connectivity index (χ2v) is 8.50. The van der Waals surface area contributed by atoms with Gasteiger partial charge in [-0.3, -0.25) is 19.7 Å². The van der Waals surface area contributed by atoms with Gasteiger partial charge in [0.1, 0.15) is 5.00 Å². The first kappa shape index (κ1) is 25.3. The van der Waals surface area contributed by atoms with Crippen LogP contribution in [-0.2, 0) is 4.74 Å². The van der Waals surface area contributed by atoms with Gasteiger partial charge in [0.25, 0.3) is 17.5 Å². The van der Waals surface area contributed by atoms with Gasteiger partial charge in [0.2, 0.25) is 0 Å². The molecule has 0 saturated carbocycles. The molecule has 0 saturated heterocycles. The van der Waals surface area contributed by atoms with Crippen molar-refractivity contribution >= 4 is 51.4 Å². The molecule has 1 aromatic heterocycles. The molecule has 0 atom stereocenters. The molecular formula is C21H24ClN3O6S. The van der Waals surface area contributed by atoms with Crippen LogP contribution in [0.1, 0.15) is 63.6 Å². The van der Waals surface area contributed by atoms with Gasteiger partial charge in [-0.15, -0.1) is 11.3 Å². The molecule has 2 amide bonds. The molecule has 0 radical (unpaired) electrons. The number of esters is 1. The van der Waals surface area contributed by atoms with Crippen LogP contribution in [0.2, 0.25) is 5.02 Å². The van der Waals surface area contributed by atoms with E-state index in [0.717, 1.165) is 23.5 Å². The zero-order valence-electron chi connectivity index (χ0n) is 18.4. The monoisotopic (exact) mass is 481 g/mol. The topological polar surface area (TPSA) is 119 Å². The van der Waals surface area contributed by atoms with Crippen molar-refractivity contribution in [3.63, 3.8) is 0 Å². The number of carbonyl (C=O) groups is 3. The highest BCUT2D eigenvalue weighted by Crippen LogP contribution is 2.35.